The van der Waals surface area contributed by atoms with Crippen LogP contribution in [0.2, 0.25) is 0 Å². The Bertz CT molecular complexity index is 1300. The van der Waals surface area contributed by atoms with Crippen LogP contribution in [0.15, 0.2) is 53.3 Å². The molecule has 34 heavy (non-hydrogen) atoms. The lowest BCUT2D eigenvalue weighted by molar-refractivity contribution is -0.144. The van der Waals surface area contributed by atoms with Crippen LogP contribution in [0.3, 0.4) is 0 Å². The number of rotatable bonds is 7. The summed E-state index contributed by atoms with van der Waals surface area (Å²) in [7, 11) is 0. The number of halogens is 3. The Balaban J connectivity index is 1.98. The number of aromatic nitrogens is 1. The first-order valence-electron chi connectivity index (χ1n) is 9.80. The van der Waals surface area contributed by atoms with Crippen LogP contribution < -0.4 is 16.6 Å². The molecule has 0 spiro atoms. The molecule has 8 nitrogen and oxygen atoms in total. The first-order valence-corrected chi connectivity index (χ1v) is 10.6. The van der Waals surface area contributed by atoms with Crippen molar-refractivity contribution < 1.29 is 32.3 Å². The van der Waals surface area contributed by atoms with Crippen molar-refractivity contribution in [2.24, 2.45) is 5.73 Å². The molecule has 0 aliphatic heterocycles. The number of nitrogens with two attached hydrogens (primary N) is 1. The van der Waals surface area contributed by atoms with Crippen LogP contribution in [0.5, 0.6) is 0 Å². The van der Waals surface area contributed by atoms with Gasteiger partial charge < -0.3 is 15.8 Å². The summed E-state index contributed by atoms with van der Waals surface area (Å²) in [6.07, 6.45) is -4.98. The maximum Gasteiger partial charge on any atom is 0.431 e. The van der Waals surface area contributed by atoms with E-state index in [1.165, 1.54) is 6.07 Å². The molecule has 2 heterocycles. The Morgan fingerprint density at radius 3 is 2.38 bits per heavy atom. The van der Waals surface area contributed by atoms with E-state index in [-0.39, 0.29) is 21.7 Å². The molecule has 0 atom stereocenters. The van der Waals surface area contributed by atoms with Crippen LogP contribution in [-0.4, -0.2) is 29.0 Å². The number of anilines is 1. The predicted molar refractivity (Wildman–Crippen MR) is 119 cm³/mol. The van der Waals surface area contributed by atoms with Crippen molar-refractivity contribution in [1.82, 2.24) is 4.57 Å². The van der Waals surface area contributed by atoms with E-state index in [4.69, 9.17) is 10.5 Å². The van der Waals surface area contributed by atoms with Crippen molar-refractivity contribution in [1.29, 1.82) is 0 Å². The highest BCUT2D eigenvalue weighted by molar-refractivity contribution is 7.18. The van der Waals surface area contributed by atoms with Gasteiger partial charge in [-0.15, -0.1) is 11.3 Å². The Hall–Kier alpha value is -3.93. The maximum atomic E-state index is 13.4. The van der Waals surface area contributed by atoms with E-state index in [0.29, 0.717) is 17.0 Å². The fourth-order valence-electron chi connectivity index (χ4n) is 3.08. The molecular formula is C22H18F3N3O5S. The van der Waals surface area contributed by atoms with E-state index in [1.807, 2.05) is 0 Å². The number of pyridine rings is 1. The Morgan fingerprint density at radius 2 is 1.79 bits per heavy atom. The number of nitrogens with one attached hydrogen (secondary N) is 1. The van der Waals surface area contributed by atoms with Crippen LogP contribution in [0.25, 0.3) is 10.4 Å². The molecule has 0 bridgehead atoms. The second kappa shape index (κ2) is 9.91. The number of carbonyl (C=O) groups excluding carboxylic acids is 3. The third-order valence-electron chi connectivity index (χ3n) is 4.56. The van der Waals surface area contributed by atoms with Gasteiger partial charge in [-0.05, 0) is 30.7 Å². The molecule has 0 aliphatic carbocycles. The Morgan fingerprint density at radius 1 is 1.12 bits per heavy atom. The summed E-state index contributed by atoms with van der Waals surface area (Å²) >= 11 is 1.03. The third-order valence-corrected chi connectivity index (χ3v) is 5.72. The molecule has 2 amide bonds. The first kappa shape index (κ1) is 24.7. The van der Waals surface area contributed by atoms with E-state index in [9.17, 15) is 32.3 Å². The average Bonchev–Trinajstić information content (AvgIpc) is 3.18. The van der Waals surface area contributed by atoms with Gasteiger partial charge >= 0.3 is 12.1 Å². The maximum absolute atomic E-state index is 13.4. The molecule has 1 aromatic carbocycles. The molecule has 0 radical (unpaired) electrons. The fourth-order valence-corrected chi connectivity index (χ4v) is 4.09. The average molecular weight is 493 g/mol. The molecule has 0 saturated carbocycles. The molecule has 3 aromatic rings. The van der Waals surface area contributed by atoms with E-state index in [2.05, 4.69) is 5.32 Å². The highest BCUT2D eigenvalue weighted by Gasteiger charge is 2.35. The summed E-state index contributed by atoms with van der Waals surface area (Å²) < 4.78 is 45.4. The van der Waals surface area contributed by atoms with Gasteiger partial charge in [0.25, 0.3) is 11.5 Å². The zero-order valence-corrected chi connectivity index (χ0v) is 18.5. The fraction of sp³-hybridized carbons (Fsp3) is 0.182. The van der Waals surface area contributed by atoms with Gasteiger partial charge in [0.1, 0.15) is 22.7 Å². The van der Waals surface area contributed by atoms with Crippen molar-refractivity contribution in [3.8, 4) is 10.4 Å². The number of thiophene rings is 1. The monoisotopic (exact) mass is 493 g/mol. The largest absolute Gasteiger partial charge is 0.462 e. The zero-order chi connectivity index (χ0) is 25.0. The lowest BCUT2D eigenvalue weighted by Gasteiger charge is -2.16. The van der Waals surface area contributed by atoms with E-state index >= 15 is 0 Å². The molecule has 0 aliphatic rings. The van der Waals surface area contributed by atoms with Gasteiger partial charge in [-0.2, -0.15) is 13.2 Å². The topological polar surface area (TPSA) is 120 Å². The van der Waals surface area contributed by atoms with Crippen molar-refractivity contribution >= 4 is 34.8 Å². The highest BCUT2D eigenvalue weighted by atomic mass is 32.1. The normalized spacial score (nSPS) is 11.2. The zero-order valence-electron chi connectivity index (χ0n) is 17.6. The number of primary amides is 1. The summed E-state index contributed by atoms with van der Waals surface area (Å²) in [5, 5.41) is 2.37. The first-order chi connectivity index (χ1) is 16.0. The molecule has 3 rings (SSSR count). The molecule has 178 valence electrons. The van der Waals surface area contributed by atoms with Crippen molar-refractivity contribution in [3.63, 3.8) is 0 Å². The molecule has 3 N–H and O–H groups in total. The number of hydrogen-bond donors (Lipinski definition) is 2. The summed E-state index contributed by atoms with van der Waals surface area (Å²) in [6.45, 7) is 0.585. The lowest BCUT2D eigenvalue weighted by atomic mass is 10.2. The molecular weight excluding hydrogens is 475 g/mol. The number of hydrogen-bond acceptors (Lipinski definition) is 6. The van der Waals surface area contributed by atoms with Gasteiger partial charge in [-0.1, -0.05) is 30.3 Å². The smallest absolute Gasteiger partial charge is 0.431 e. The summed E-state index contributed by atoms with van der Waals surface area (Å²) in [5.74, 6) is -2.99. The number of benzene rings is 1. The number of alkyl halides is 3. The van der Waals surface area contributed by atoms with Crippen LogP contribution in [0.1, 0.15) is 32.6 Å². The van der Waals surface area contributed by atoms with Gasteiger partial charge in [-0.25, -0.2) is 4.79 Å². The number of esters is 1. The third kappa shape index (κ3) is 5.34. The SMILES string of the molecule is CCOC(=O)c1sc(-c2ccccc2)cc1NC(=O)Cn1c(C(F)(F)F)ccc(C(N)=O)c1=O. The summed E-state index contributed by atoms with van der Waals surface area (Å²) in [4.78, 5) is 49.5. The number of amides is 2. The van der Waals surface area contributed by atoms with Crippen LogP contribution >= 0.6 is 11.3 Å². The van der Waals surface area contributed by atoms with Gasteiger partial charge in [0.05, 0.1) is 12.3 Å². The minimum absolute atomic E-state index is 0.0139. The van der Waals surface area contributed by atoms with Crippen LogP contribution in [-0.2, 0) is 22.3 Å². The van der Waals surface area contributed by atoms with Gasteiger partial charge in [-0.3, -0.25) is 19.0 Å². The highest BCUT2D eigenvalue weighted by Crippen LogP contribution is 2.35. The second-order valence-corrected chi connectivity index (χ2v) is 7.93. The standard InChI is InChI=1S/C22H18F3N3O5S/c1-2-33-21(32)18-14(10-15(34-18)12-6-4-3-5-7-12)27-17(29)11-28-16(22(23,24)25)9-8-13(19(26)30)20(28)31/h3-10H,2,11H2,1H3,(H2,26,30)(H,27,29). The quantitative estimate of drug-likeness (QED) is 0.488. The molecule has 0 saturated heterocycles. The number of carbonyl (C=O) groups is 3. The van der Waals surface area contributed by atoms with Gasteiger partial charge in [0.2, 0.25) is 5.91 Å². The molecule has 0 unspecified atom stereocenters. The lowest BCUT2D eigenvalue weighted by Crippen LogP contribution is -2.36. The number of ether oxygens (including phenoxy) is 1. The van der Waals surface area contributed by atoms with Gasteiger partial charge in [0.15, 0.2) is 0 Å². The number of nitrogens with zero attached hydrogens (tertiary/aromatic N) is 1. The van der Waals surface area contributed by atoms with E-state index in [0.717, 1.165) is 16.9 Å². The Kier molecular flexibility index (Phi) is 7.20. The summed E-state index contributed by atoms with van der Waals surface area (Å²) in [5.41, 5.74) is 2.31. The summed E-state index contributed by atoms with van der Waals surface area (Å²) in [6, 6.07) is 11.5. The molecule has 0 fully saturated rings. The van der Waals surface area contributed by atoms with Crippen LogP contribution in [0, 0.1) is 0 Å². The second-order valence-electron chi connectivity index (χ2n) is 6.87. The van der Waals surface area contributed by atoms with Crippen molar-refractivity contribution in [2.45, 2.75) is 19.6 Å². The van der Waals surface area contributed by atoms with Gasteiger partial charge in [0, 0.05) is 4.88 Å². The minimum Gasteiger partial charge on any atom is -0.462 e. The van der Waals surface area contributed by atoms with Crippen molar-refractivity contribution in [2.75, 3.05) is 11.9 Å². The predicted octanol–water partition coefficient (Wildman–Crippen LogP) is 3.51. The van der Waals surface area contributed by atoms with E-state index in [1.54, 1.807) is 37.3 Å². The van der Waals surface area contributed by atoms with Crippen LogP contribution in [0.4, 0.5) is 18.9 Å². The van der Waals surface area contributed by atoms with E-state index < -0.39 is 47.3 Å². The molecule has 12 heteroatoms. The van der Waals surface area contributed by atoms with Crippen molar-refractivity contribution in [3.05, 3.63) is 75.0 Å². The molecule has 2 aromatic heterocycles. The minimum atomic E-state index is -4.98. The Labute approximate surface area is 194 Å².